The first-order valence-corrected chi connectivity index (χ1v) is 6.48. The van der Waals surface area contributed by atoms with Crippen molar-refractivity contribution in [3.05, 3.63) is 35.1 Å². The molecule has 1 atom stereocenters. The zero-order valence-corrected chi connectivity index (χ0v) is 10.6. The lowest BCUT2D eigenvalue weighted by Gasteiger charge is -2.27. The Hall–Kier alpha value is -1.58. The molecular weight excluding hydrogens is 229 g/mol. The second kappa shape index (κ2) is 4.26. The predicted octanol–water partition coefficient (Wildman–Crippen LogP) is 2.22. The molecule has 0 radical (unpaired) electrons. The average Bonchev–Trinajstić information content (AvgIpc) is 3.06. The van der Waals surface area contributed by atoms with E-state index < -0.39 is 0 Å². The first-order chi connectivity index (χ1) is 8.65. The van der Waals surface area contributed by atoms with Crippen LogP contribution >= 0.6 is 0 Å². The Kier molecular flexibility index (Phi) is 2.73. The molecule has 96 valence electrons. The van der Waals surface area contributed by atoms with E-state index in [4.69, 9.17) is 5.73 Å². The van der Waals surface area contributed by atoms with Gasteiger partial charge >= 0.3 is 0 Å². The maximum atomic E-state index is 13.2. The summed E-state index contributed by atoms with van der Waals surface area (Å²) < 4.78 is 13.2. The van der Waals surface area contributed by atoms with Crippen LogP contribution in [-0.2, 0) is 0 Å². The van der Waals surface area contributed by atoms with Crippen LogP contribution < -0.4 is 5.73 Å². The lowest BCUT2D eigenvalue weighted by atomic mass is 10.0. The van der Waals surface area contributed by atoms with Crippen LogP contribution in [0.3, 0.4) is 0 Å². The summed E-state index contributed by atoms with van der Waals surface area (Å²) in [6.45, 7) is 3.62. The van der Waals surface area contributed by atoms with Crippen molar-refractivity contribution >= 4 is 5.96 Å². The van der Waals surface area contributed by atoms with Crippen molar-refractivity contribution in [3.63, 3.8) is 0 Å². The number of nitrogens with two attached hydrogens (primary N) is 1. The van der Waals surface area contributed by atoms with Crippen molar-refractivity contribution in [2.24, 2.45) is 16.6 Å². The zero-order chi connectivity index (χ0) is 12.7. The number of hydrogen-bond donors (Lipinski definition) is 1. The quantitative estimate of drug-likeness (QED) is 0.889. The number of rotatable bonds is 3. The minimum Gasteiger partial charge on any atom is -0.370 e. The largest absolute Gasteiger partial charge is 0.370 e. The molecule has 1 aliphatic carbocycles. The molecule has 1 heterocycles. The van der Waals surface area contributed by atoms with Crippen molar-refractivity contribution in [1.29, 1.82) is 0 Å². The van der Waals surface area contributed by atoms with Gasteiger partial charge in [-0.25, -0.2) is 4.39 Å². The van der Waals surface area contributed by atoms with E-state index in [0.717, 1.165) is 23.6 Å². The van der Waals surface area contributed by atoms with E-state index in [1.807, 2.05) is 13.0 Å². The second-order valence-electron chi connectivity index (χ2n) is 5.31. The molecule has 3 nitrogen and oxygen atoms in total. The van der Waals surface area contributed by atoms with Gasteiger partial charge in [-0.1, -0.05) is 6.07 Å². The third kappa shape index (κ3) is 2.07. The minimum absolute atomic E-state index is 0.183. The molecule has 0 saturated heterocycles. The van der Waals surface area contributed by atoms with E-state index >= 15 is 0 Å². The summed E-state index contributed by atoms with van der Waals surface area (Å²) in [7, 11) is 0. The summed E-state index contributed by atoms with van der Waals surface area (Å²) >= 11 is 0. The fourth-order valence-corrected chi connectivity index (χ4v) is 2.61. The van der Waals surface area contributed by atoms with E-state index in [0.29, 0.717) is 12.5 Å². The number of halogens is 1. The van der Waals surface area contributed by atoms with Crippen molar-refractivity contribution < 1.29 is 4.39 Å². The van der Waals surface area contributed by atoms with Crippen LogP contribution in [0.2, 0.25) is 0 Å². The van der Waals surface area contributed by atoms with E-state index in [2.05, 4.69) is 9.89 Å². The summed E-state index contributed by atoms with van der Waals surface area (Å²) in [5.41, 5.74) is 8.08. The number of benzene rings is 1. The van der Waals surface area contributed by atoms with Gasteiger partial charge in [0.15, 0.2) is 5.96 Å². The standard InChI is InChI=1S/C14H18FN3/c1-9-6-11(15)4-5-12(9)13-7-17-14(16)18(13)8-10-2-3-10/h4-6,10,13H,2-3,7-8H2,1H3,(H2,16,17). The van der Waals surface area contributed by atoms with Gasteiger partial charge in [0.1, 0.15) is 5.82 Å². The molecule has 1 aromatic carbocycles. The number of nitrogens with zero attached hydrogens (tertiary/aromatic N) is 2. The highest BCUT2D eigenvalue weighted by atomic mass is 19.1. The Bertz CT molecular complexity index is 494. The summed E-state index contributed by atoms with van der Waals surface area (Å²) in [4.78, 5) is 6.52. The monoisotopic (exact) mass is 247 g/mol. The summed E-state index contributed by atoms with van der Waals surface area (Å²) in [5, 5.41) is 0. The lowest BCUT2D eigenvalue weighted by Crippen LogP contribution is -2.37. The van der Waals surface area contributed by atoms with E-state index in [-0.39, 0.29) is 11.9 Å². The molecule has 1 aliphatic heterocycles. The smallest absolute Gasteiger partial charge is 0.191 e. The Morgan fingerprint density at radius 3 is 2.89 bits per heavy atom. The lowest BCUT2D eigenvalue weighted by molar-refractivity contribution is 0.332. The zero-order valence-electron chi connectivity index (χ0n) is 10.6. The SMILES string of the molecule is Cc1cc(F)ccc1C1CN=C(N)N1CC1CC1. The van der Waals surface area contributed by atoms with Gasteiger partial charge in [-0.15, -0.1) is 0 Å². The molecule has 1 aromatic rings. The number of aryl methyl sites for hydroxylation is 1. The predicted molar refractivity (Wildman–Crippen MR) is 69.8 cm³/mol. The van der Waals surface area contributed by atoms with Crippen LogP contribution in [0.1, 0.15) is 30.0 Å². The highest BCUT2D eigenvalue weighted by Gasteiger charge is 2.33. The number of aliphatic imine (C=N–C) groups is 1. The molecule has 2 N–H and O–H groups in total. The first-order valence-electron chi connectivity index (χ1n) is 6.48. The van der Waals surface area contributed by atoms with Crippen LogP contribution in [0, 0.1) is 18.7 Å². The Labute approximate surface area is 106 Å². The molecule has 18 heavy (non-hydrogen) atoms. The van der Waals surface area contributed by atoms with Crippen LogP contribution in [0.25, 0.3) is 0 Å². The molecule has 0 amide bonds. The molecule has 0 spiro atoms. The molecule has 0 bridgehead atoms. The Morgan fingerprint density at radius 2 is 2.22 bits per heavy atom. The van der Waals surface area contributed by atoms with Crippen molar-refractivity contribution in [2.45, 2.75) is 25.8 Å². The maximum absolute atomic E-state index is 13.2. The van der Waals surface area contributed by atoms with Crippen LogP contribution in [0.15, 0.2) is 23.2 Å². The van der Waals surface area contributed by atoms with Gasteiger partial charge in [0.25, 0.3) is 0 Å². The minimum atomic E-state index is -0.183. The van der Waals surface area contributed by atoms with Gasteiger partial charge in [-0.3, -0.25) is 4.99 Å². The van der Waals surface area contributed by atoms with E-state index in [1.165, 1.54) is 18.9 Å². The Balaban J connectivity index is 1.85. The van der Waals surface area contributed by atoms with Gasteiger partial charge in [0, 0.05) is 6.54 Å². The van der Waals surface area contributed by atoms with E-state index in [1.54, 1.807) is 6.07 Å². The van der Waals surface area contributed by atoms with E-state index in [9.17, 15) is 4.39 Å². The molecule has 1 fully saturated rings. The summed E-state index contributed by atoms with van der Waals surface area (Å²) in [5.74, 6) is 1.22. The number of hydrogen-bond acceptors (Lipinski definition) is 3. The third-order valence-corrected chi connectivity index (χ3v) is 3.84. The molecule has 3 rings (SSSR count). The average molecular weight is 247 g/mol. The molecule has 2 aliphatic rings. The van der Waals surface area contributed by atoms with Gasteiger partial charge in [-0.05, 0) is 48.9 Å². The Morgan fingerprint density at radius 1 is 1.44 bits per heavy atom. The molecule has 1 saturated carbocycles. The van der Waals surface area contributed by atoms with Gasteiger partial charge in [-0.2, -0.15) is 0 Å². The van der Waals surface area contributed by atoms with Gasteiger partial charge < -0.3 is 10.6 Å². The fourth-order valence-electron chi connectivity index (χ4n) is 2.61. The first kappa shape index (κ1) is 11.5. The summed E-state index contributed by atoms with van der Waals surface area (Å²) in [6.07, 6.45) is 2.58. The van der Waals surface area contributed by atoms with Crippen LogP contribution in [0.4, 0.5) is 4.39 Å². The van der Waals surface area contributed by atoms with Crippen molar-refractivity contribution in [2.75, 3.05) is 13.1 Å². The van der Waals surface area contributed by atoms with Crippen molar-refractivity contribution in [1.82, 2.24) is 4.90 Å². The summed E-state index contributed by atoms with van der Waals surface area (Å²) in [6, 6.07) is 5.15. The molecular formula is C14H18FN3. The maximum Gasteiger partial charge on any atom is 0.191 e. The highest BCUT2D eigenvalue weighted by molar-refractivity contribution is 5.80. The van der Waals surface area contributed by atoms with Crippen LogP contribution in [0.5, 0.6) is 0 Å². The topological polar surface area (TPSA) is 41.6 Å². The highest BCUT2D eigenvalue weighted by Crippen LogP contribution is 2.35. The normalized spacial score (nSPS) is 23.3. The van der Waals surface area contributed by atoms with Crippen molar-refractivity contribution in [3.8, 4) is 0 Å². The molecule has 1 unspecified atom stereocenters. The fraction of sp³-hybridized carbons (Fsp3) is 0.500. The molecule has 4 heteroatoms. The molecule has 0 aromatic heterocycles. The van der Waals surface area contributed by atoms with Gasteiger partial charge in [0.2, 0.25) is 0 Å². The second-order valence-corrected chi connectivity index (χ2v) is 5.31. The number of guanidine groups is 1. The van der Waals surface area contributed by atoms with Gasteiger partial charge in [0.05, 0.1) is 12.6 Å². The third-order valence-electron chi connectivity index (χ3n) is 3.84. The van der Waals surface area contributed by atoms with Crippen LogP contribution in [-0.4, -0.2) is 23.9 Å².